The Morgan fingerprint density at radius 3 is 2.89 bits per heavy atom. The van der Waals surface area contributed by atoms with Crippen molar-refractivity contribution in [2.24, 2.45) is 11.7 Å². The molecule has 1 aliphatic rings. The van der Waals surface area contributed by atoms with Gasteiger partial charge in [-0.2, -0.15) is 5.10 Å². The van der Waals surface area contributed by atoms with Gasteiger partial charge in [0, 0.05) is 24.2 Å². The first-order valence-electron chi connectivity index (χ1n) is 7.31. The lowest BCUT2D eigenvalue weighted by Crippen LogP contribution is -2.41. The molecule has 1 aliphatic carbocycles. The zero-order valence-electron chi connectivity index (χ0n) is 12.0. The summed E-state index contributed by atoms with van der Waals surface area (Å²) in [6.45, 7) is 6.66. The molecule has 0 radical (unpaired) electrons. The van der Waals surface area contributed by atoms with Gasteiger partial charge in [-0.05, 0) is 45.1 Å². The van der Waals surface area contributed by atoms with E-state index in [2.05, 4.69) is 38.1 Å². The molecule has 0 spiro atoms. The molecule has 1 heterocycles. The molecule has 2 unspecified atom stereocenters. The number of aromatic nitrogens is 2. The number of hydrogen-bond donors (Lipinski definition) is 1. The van der Waals surface area contributed by atoms with E-state index in [1.165, 1.54) is 19.3 Å². The summed E-state index contributed by atoms with van der Waals surface area (Å²) in [5.41, 5.74) is 7.72. The van der Waals surface area contributed by atoms with Crippen molar-refractivity contribution in [3.05, 3.63) is 18.0 Å². The maximum Gasteiger partial charge on any atom is 0.0643 e. The van der Waals surface area contributed by atoms with Gasteiger partial charge in [-0.3, -0.25) is 4.68 Å². The molecule has 1 aromatic rings. The summed E-state index contributed by atoms with van der Waals surface area (Å²) in [6, 6.07) is 2.56. The minimum Gasteiger partial charge on any atom is -0.325 e. The van der Waals surface area contributed by atoms with E-state index >= 15 is 0 Å². The molecule has 1 fully saturated rings. The summed E-state index contributed by atoms with van der Waals surface area (Å²) >= 11 is 0. The average molecular weight is 249 g/mol. The van der Waals surface area contributed by atoms with Crippen LogP contribution in [-0.2, 0) is 6.42 Å². The van der Waals surface area contributed by atoms with Gasteiger partial charge in [0.2, 0.25) is 0 Å². The van der Waals surface area contributed by atoms with Crippen molar-refractivity contribution in [1.29, 1.82) is 0 Å². The maximum atomic E-state index is 6.59. The van der Waals surface area contributed by atoms with Gasteiger partial charge in [-0.15, -0.1) is 0 Å². The van der Waals surface area contributed by atoms with Crippen LogP contribution in [0.1, 0.15) is 64.6 Å². The van der Waals surface area contributed by atoms with Gasteiger partial charge in [0.05, 0.1) is 5.69 Å². The van der Waals surface area contributed by atoms with Crippen molar-refractivity contribution >= 4 is 0 Å². The van der Waals surface area contributed by atoms with Crippen molar-refractivity contribution in [3.63, 3.8) is 0 Å². The van der Waals surface area contributed by atoms with Gasteiger partial charge < -0.3 is 5.73 Å². The van der Waals surface area contributed by atoms with Crippen molar-refractivity contribution < 1.29 is 0 Å². The lowest BCUT2D eigenvalue weighted by Gasteiger charge is -2.27. The minimum atomic E-state index is -0.0269. The molecule has 102 valence electrons. The van der Waals surface area contributed by atoms with E-state index in [9.17, 15) is 0 Å². The van der Waals surface area contributed by atoms with Crippen molar-refractivity contribution in [3.8, 4) is 0 Å². The highest BCUT2D eigenvalue weighted by Gasteiger charge is 2.29. The topological polar surface area (TPSA) is 43.8 Å². The van der Waals surface area contributed by atoms with Crippen LogP contribution in [0.3, 0.4) is 0 Å². The molecule has 0 bridgehead atoms. The summed E-state index contributed by atoms with van der Waals surface area (Å²) < 4.78 is 2.03. The normalized spacial score (nSPS) is 29.5. The molecular formula is C15H27N3. The Balaban J connectivity index is 2.02. The molecule has 1 saturated carbocycles. The Hall–Kier alpha value is -0.830. The third-order valence-corrected chi connectivity index (χ3v) is 4.23. The van der Waals surface area contributed by atoms with Gasteiger partial charge in [0.1, 0.15) is 0 Å². The third kappa shape index (κ3) is 3.35. The quantitative estimate of drug-likeness (QED) is 0.835. The highest BCUT2D eigenvalue weighted by molar-refractivity contribution is 5.06. The van der Waals surface area contributed by atoms with E-state index in [0.29, 0.717) is 6.04 Å². The van der Waals surface area contributed by atoms with Gasteiger partial charge in [0.15, 0.2) is 0 Å². The molecule has 3 nitrogen and oxygen atoms in total. The maximum absolute atomic E-state index is 6.59. The molecule has 2 atom stereocenters. The zero-order valence-corrected chi connectivity index (χ0v) is 12.0. The molecule has 0 aromatic carbocycles. The predicted molar refractivity (Wildman–Crippen MR) is 75.5 cm³/mol. The molecule has 1 aromatic heterocycles. The first-order valence-corrected chi connectivity index (χ1v) is 7.31. The minimum absolute atomic E-state index is 0.0269. The van der Waals surface area contributed by atoms with Crippen LogP contribution in [0.5, 0.6) is 0 Å². The van der Waals surface area contributed by atoms with Crippen molar-refractivity contribution in [2.75, 3.05) is 0 Å². The van der Waals surface area contributed by atoms with E-state index in [-0.39, 0.29) is 5.54 Å². The summed E-state index contributed by atoms with van der Waals surface area (Å²) in [6.07, 6.45) is 9.15. The van der Waals surface area contributed by atoms with Crippen LogP contribution in [-0.4, -0.2) is 15.3 Å². The first-order chi connectivity index (χ1) is 8.48. The third-order valence-electron chi connectivity index (χ3n) is 4.23. The van der Waals surface area contributed by atoms with Gasteiger partial charge in [-0.1, -0.05) is 19.8 Å². The molecule has 2 N–H and O–H groups in total. The molecule has 2 rings (SSSR count). The van der Waals surface area contributed by atoms with E-state index in [1.54, 1.807) is 0 Å². The Morgan fingerprint density at radius 1 is 1.44 bits per heavy atom. The SMILES string of the molecule is CC1CCCC(N)(Cc2ccn(C(C)C)n2)CC1. The van der Waals surface area contributed by atoms with Crippen LogP contribution >= 0.6 is 0 Å². The monoisotopic (exact) mass is 249 g/mol. The largest absolute Gasteiger partial charge is 0.325 e. The van der Waals surface area contributed by atoms with Crippen molar-refractivity contribution in [1.82, 2.24) is 9.78 Å². The fourth-order valence-electron chi connectivity index (χ4n) is 2.90. The molecule has 0 aliphatic heterocycles. The van der Waals surface area contributed by atoms with Crippen molar-refractivity contribution in [2.45, 2.75) is 70.9 Å². The van der Waals surface area contributed by atoms with Crippen LogP contribution in [0.15, 0.2) is 12.3 Å². The summed E-state index contributed by atoms with van der Waals surface area (Å²) in [7, 11) is 0. The van der Waals surface area contributed by atoms with E-state index in [1.807, 2.05) is 4.68 Å². The van der Waals surface area contributed by atoms with E-state index in [0.717, 1.165) is 30.9 Å². The fourth-order valence-corrected chi connectivity index (χ4v) is 2.90. The number of nitrogens with two attached hydrogens (primary N) is 1. The van der Waals surface area contributed by atoms with Crippen LogP contribution in [0.4, 0.5) is 0 Å². The fraction of sp³-hybridized carbons (Fsp3) is 0.800. The lowest BCUT2D eigenvalue weighted by atomic mass is 9.86. The van der Waals surface area contributed by atoms with Gasteiger partial charge in [-0.25, -0.2) is 0 Å². The molecule has 18 heavy (non-hydrogen) atoms. The first kappa shape index (κ1) is 13.6. The lowest BCUT2D eigenvalue weighted by molar-refractivity contribution is 0.357. The second-order valence-electron chi connectivity index (χ2n) is 6.46. The Bertz CT molecular complexity index is 383. The summed E-state index contributed by atoms with van der Waals surface area (Å²) in [5, 5.41) is 4.64. The molecule has 0 amide bonds. The average Bonchev–Trinajstić information content (AvgIpc) is 2.68. The van der Waals surface area contributed by atoms with Gasteiger partial charge >= 0.3 is 0 Å². The van der Waals surface area contributed by atoms with Crippen LogP contribution in [0, 0.1) is 5.92 Å². The van der Waals surface area contributed by atoms with E-state index < -0.39 is 0 Å². The predicted octanol–water partition coefficient (Wildman–Crippen LogP) is 3.30. The van der Waals surface area contributed by atoms with E-state index in [4.69, 9.17) is 5.73 Å². The summed E-state index contributed by atoms with van der Waals surface area (Å²) in [4.78, 5) is 0. The highest BCUT2D eigenvalue weighted by atomic mass is 15.3. The number of rotatable bonds is 3. The van der Waals surface area contributed by atoms with Gasteiger partial charge in [0.25, 0.3) is 0 Å². The van der Waals surface area contributed by atoms with Crippen LogP contribution in [0.2, 0.25) is 0 Å². The Kier molecular flexibility index (Phi) is 4.10. The second kappa shape index (κ2) is 5.43. The highest BCUT2D eigenvalue weighted by Crippen LogP contribution is 2.30. The zero-order chi connectivity index (χ0) is 13.2. The Morgan fingerprint density at radius 2 is 2.22 bits per heavy atom. The van der Waals surface area contributed by atoms with Crippen LogP contribution in [0.25, 0.3) is 0 Å². The summed E-state index contributed by atoms with van der Waals surface area (Å²) in [5.74, 6) is 0.837. The number of nitrogens with zero attached hydrogens (tertiary/aromatic N) is 2. The molecule has 0 saturated heterocycles. The second-order valence-corrected chi connectivity index (χ2v) is 6.46. The smallest absolute Gasteiger partial charge is 0.0643 e. The van der Waals surface area contributed by atoms with Crippen LogP contribution < -0.4 is 5.73 Å². The standard InChI is InChI=1S/C15H27N3/c1-12(2)18-10-7-14(17-18)11-15(16)8-4-5-13(3)6-9-15/h7,10,12-13H,4-6,8-9,11,16H2,1-3H3. The Labute approximate surface area is 111 Å². The molecule has 3 heteroatoms. The molecular weight excluding hydrogens is 222 g/mol. The number of hydrogen-bond acceptors (Lipinski definition) is 2.